The molecule has 260 valence electrons. The first kappa shape index (κ1) is 35.2. The van der Waals surface area contributed by atoms with E-state index in [1.54, 1.807) is 57.7 Å². The number of nitrogens with one attached hydrogen (secondary N) is 2. The molecule has 8 nitrogen and oxygen atoms in total. The van der Waals surface area contributed by atoms with Gasteiger partial charge in [0.1, 0.15) is 17.2 Å². The van der Waals surface area contributed by atoms with Crippen LogP contribution in [-0.4, -0.2) is 31.4 Å². The first-order chi connectivity index (χ1) is 25.2. The van der Waals surface area contributed by atoms with Crippen LogP contribution in [0.2, 0.25) is 5.02 Å². The number of carbonyl (C=O) groups excluding carboxylic acids is 2. The molecule has 0 radical (unpaired) electrons. The summed E-state index contributed by atoms with van der Waals surface area (Å²) in [5.74, 6) is -0.952. The molecule has 0 spiro atoms. The maximum absolute atomic E-state index is 13.7. The summed E-state index contributed by atoms with van der Waals surface area (Å²) in [6.45, 7) is 0. The smallest absolute Gasteiger partial charge is 0.265 e. The third kappa shape index (κ3) is 7.83. The summed E-state index contributed by atoms with van der Waals surface area (Å²) in [7, 11) is 3.79. The highest BCUT2D eigenvalue weighted by Crippen LogP contribution is 2.34. The monoisotopic (exact) mass is 782 g/mol. The molecule has 2 aromatic carbocycles. The summed E-state index contributed by atoms with van der Waals surface area (Å²) in [6.07, 6.45) is 0. The minimum absolute atomic E-state index is 0.171. The molecule has 0 aliphatic rings. The van der Waals surface area contributed by atoms with Gasteiger partial charge in [0.15, 0.2) is 0 Å². The maximum atomic E-state index is 13.7. The molecule has 8 rings (SSSR count). The SMILES string of the molecule is Cn1nc(-c2cccs2)cc1-c1ccc(C(=O)Nc2ccccc2Cl)s1.Cn1nc(-c2cccs2)cc1-c1ccc(C(=O)Nc2ccccc2F)s1. The predicted molar refractivity (Wildman–Crippen MR) is 213 cm³/mol. The number of para-hydroxylation sites is 2. The Kier molecular flexibility index (Phi) is 10.6. The number of nitrogens with zero attached hydrogens (tertiary/aromatic N) is 4. The second-order valence-corrected chi connectivity index (χ2v) is 15.7. The van der Waals surface area contributed by atoms with Gasteiger partial charge in [-0.3, -0.25) is 19.0 Å². The van der Waals surface area contributed by atoms with Crippen LogP contribution in [0.3, 0.4) is 0 Å². The molecule has 8 aromatic rings. The van der Waals surface area contributed by atoms with Crippen molar-refractivity contribution < 1.29 is 14.0 Å². The standard InChI is InChI=1S/C19H14ClN3OS2.C19H14FN3OS2/c2*1-23-15(11-14(22-23)16-7-4-10-25-16)17-8-9-18(26-17)19(24)21-13-6-3-2-5-12(13)20/h2*2-11H,1H3,(H,21,24). The van der Waals surface area contributed by atoms with E-state index in [0.29, 0.717) is 20.5 Å². The minimum Gasteiger partial charge on any atom is -0.320 e. The van der Waals surface area contributed by atoms with E-state index < -0.39 is 5.82 Å². The summed E-state index contributed by atoms with van der Waals surface area (Å²) in [5.41, 5.74) is 4.54. The number of rotatable bonds is 8. The van der Waals surface area contributed by atoms with Gasteiger partial charge in [0.2, 0.25) is 0 Å². The van der Waals surface area contributed by atoms with Crippen LogP contribution in [0.5, 0.6) is 0 Å². The fraction of sp³-hybridized carbons (Fsp3) is 0.0526. The molecule has 6 aromatic heterocycles. The molecule has 0 aliphatic carbocycles. The number of anilines is 2. The summed E-state index contributed by atoms with van der Waals surface area (Å²) < 4.78 is 17.4. The van der Waals surface area contributed by atoms with Crippen LogP contribution in [-0.2, 0) is 14.1 Å². The van der Waals surface area contributed by atoms with Gasteiger partial charge in [-0.2, -0.15) is 10.2 Å². The lowest BCUT2D eigenvalue weighted by Crippen LogP contribution is -2.11. The Bertz CT molecular complexity index is 2310. The van der Waals surface area contributed by atoms with Crippen LogP contribution < -0.4 is 10.6 Å². The van der Waals surface area contributed by atoms with Crippen LogP contribution >= 0.6 is 56.9 Å². The molecule has 6 heterocycles. The number of amides is 2. The van der Waals surface area contributed by atoms with Crippen LogP contribution in [0.25, 0.3) is 42.3 Å². The maximum Gasteiger partial charge on any atom is 0.265 e. The number of aryl methyl sites for hydroxylation is 2. The van der Waals surface area contributed by atoms with Gasteiger partial charge < -0.3 is 10.6 Å². The number of carbonyl (C=O) groups is 2. The van der Waals surface area contributed by atoms with Crippen LogP contribution in [0.15, 0.2) is 120 Å². The number of thiophene rings is 4. The highest BCUT2D eigenvalue weighted by Gasteiger charge is 2.17. The molecule has 14 heteroatoms. The summed E-state index contributed by atoms with van der Waals surface area (Å²) in [6, 6.07) is 32.8. The van der Waals surface area contributed by atoms with Crippen molar-refractivity contribution in [3.63, 3.8) is 0 Å². The van der Waals surface area contributed by atoms with E-state index in [-0.39, 0.29) is 17.5 Å². The minimum atomic E-state index is -0.454. The van der Waals surface area contributed by atoms with Crippen LogP contribution in [0.1, 0.15) is 19.3 Å². The van der Waals surface area contributed by atoms with Crippen LogP contribution in [0, 0.1) is 5.82 Å². The average molecular weight is 783 g/mol. The van der Waals surface area contributed by atoms with Crippen molar-refractivity contribution in [1.82, 2.24) is 19.6 Å². The molecule has 0 fully saturated rings. The van der Waals surface area contributed by atoms with Gasteiger partial charge in [0.05, 0.1) is 57.0 Å². The van der Waals surface area contributed by atoms with E-state index in [2.05, 4.69) is 20.8 Å². The average Bonchev–Trinajstić information content (AvgIpc) is 3.98. The number of aromatic nitrogens is 4. The Morgan fingerprint density at radius 1 is 0.615 bits per heavy atom. The van der Waals surface area contributed by atoms with E-state index in [1.165, 1.54) is 34.8 Å². The summed E-state index contributed by atoms with van der Waals surface area (Å²) in [4.78, 5) is 30.2. The first-order valence-corrected chi connectivity index (χ1v) is 19.5. The van der Waals surface area contributed by atoms with Crippen molar-refractivity contribution in [2.45, 2.75) is 0 Å². The lowest BCUT2D eigenvalue weighted by atomic mass is 10.2. The Hall–Kier alpha value is -5.18. The quantitative estimate of drug-likeness (QED) is 0.160. The van der Waals surface area contributed by atoms with Gasteiger partial charge in [0, 0.05) is 14.1 Å². The van der Waals surface area contributed by atoms with Crippen molar-refractivity contribution in [3.05, 3.63) is 141 Å². The van der Waals surface area contributed by atoms with Crippen molar-refractivity contribution in [2.24, 2.45) is 14.1 Å². The lowest BCUT2D eigenvalue weighted by Gasteiger charge is -2.05. The molecule has 0 atom stereocenters. The highest BCUT2D eigenvalue weighted by molar-refractivity contribution is 7.18. The zero-order chi connectivity index (χ0) is 36.2. The van der Waals surface area contributed by atoms with E-state index in [9.17, 15) is 14.0 Å². The van der Waals surface area contributed by atoms with Crippen LogP contribution in [0.4, 0.5) is 15.8 Å². The molecule has 0 bridgehead atoms. The fourth-order valence-corrected chi connectivity index (χ4v) is 8.62. The number of hydrogen-bond donors (Lipinski definition) is 2. The van der Waals surface area contributed by atoms with Gasteiger partial charge in [-0.15, -0.1) is 45.3 Å². The third-order valence-corrected chi connectivity index (χ3v) is 12.0. The van der Waals surface area contributed by atoms with E-state index in [1.807, 2.05) is 96.3 Å². The lowest BCUT2D eigenvalue weighted by molar-refractivity contribution is 0.102. The zero-order valence-corrected chi connectivity index (χ0v) is 31.6. The second kappa shape index (κ2) is 15.6. The molecule has 0 saturated heterocycles. The van der Waals surface area contributed by atoms with Crippen molar-refractivity contribution in [3.8, 4) is 42.3 Å². The molecular formula is C38H28ClFN6O2S4. The Morgan fingerprint density at radius 2 is 1.10 bits per heavy atom. The first-order valence-electron chi connectivity index (χ1n) is 15.7. The van der Waals surface area contributed by atoms with E-state index in [4.69, 9.17) is 11.6 Å². The molecule has 2 N–H and O–H groups in total. The largest absolute Gasteiger partial charge is 0.320 e. The summed E-state index contributed by atoms with van der Waals surface area (Å²) in [5, 5.41) is 19.2. The van der Waals surface area contributed by atoms with Gasteiger partial charge in [0.25, 0.3) is 11.8 Å². The Balaban J connectivity index is 0.000000162. The number of benzene rings is 2. The van der Waals surface area contributed by atoms with Crippen molar-refractivity contribution in [1.29, 1.82) is 0 Å². The molecule has 0 unspecified atom stereocenters. The fourth-order valence-electron chi connectivity index (χ4n) is 5.17. The molecule has 52 heavy (non-hydrogen) atoms. The van der Waals surface area contributed by atoms with Gasteiger partial charge in [-0.1, -0.05) is 48.0 Å². The Morgan fingerprint density at radius 3 is 1.58 bits per heavy atom. The highest BCUT2D eigenvalue weighted by atomic mass is 35.5. The molecule has 2 amide bonds. The van der Waals surface area contributed by atoms with Gasteiger partial charge in [-0.05, 0) is 83.6 Å². The summed E-state index contributed by atoms with van der Waals surface area (Å²) >= 11 is 12.2. The zero-order valence-electron chi connectivity index (χ0n) is 27.5. The molecule has 0 aliphatic heterocycles. The van der Waals surface area contributed by atoms with Gasteiger partial charge >= 0.3 is 0 Å². The van der Waals surface area contributed by atoms with E-state index in [0.717, 1.165) is 42.3 Å². The van der Waals surface area contributed by atoms with Gasteiger partial charge in [-0.25, -0.2) is 4.39 Å². The van der Waals surface area contributed by atoms with Crippen molar-refractivity contribution >= 4 is 80.1 Å². The number of hydrogen-bond acceptors (Lipinski definition) is 8. The topological polar surface area (TPSA) is 93.8 Å². The predicted octanol–water partition coefficient (Wildman–Crippen LogP) is 11.1. The number of halogens is 2. The molecular weight excluding hydrogens is 755 g/mol. The molecule has 0 saturated carbocycles. The van der Waals surface area contributed by atoms with E-state index >= 15 is 0 Å². The van der Waals surface area contributed by atoms with Crippen molar-refractivity contribution in [2.75, 3.05) is 10.6 Å². The third-order valence-electron chi connectivity index (χ3n) is 7.72. The normalized spacial score (nSPS) is 10.8. The Labute approximate surface area is 319 Å². The second-order valence-electron chi connectivity index (χ2n) is 11.2.